The monoisotopic (exact) mass is 384 g/mol. The van der Waals surface area contributed by atoms with Crippen molar-refractivity contribution in [3.8, 4) is 0 Å². The minimum atomic E-state index is -0.289. The van der Waals surface area contributed by atoms with E-state index in [1.807, 2.05) is 9.47 Å². The quantitative estimate of drug-likeness (QED) is 0.862. The number of hydrogen-bond donors (Lipinski definition) is 1. The van der Waals surface area contributed by atoms with Gasteiger partial charge in [0.25, 0.3) is 11.8 Å². The molecule has 0 radical (unpaired) electrons. The highest BCUT2D eigenvalue weighted by Crippen LogP contribution is 2.23. The number of hydrogen-bond acceptors (Lipinski definition) is 3. The first-order valence-corrected chi connectivity index (χ1v) is 10.1. The van der Waals surface area contributed by atoms with E-state index in [9.17, 15) is 14.0 Å². The molecule has 2 aromatic rings. The highest BCUT2D eigenvalue weighted by atomic mass is 19.1. The van der Waals surface area contributed by atoms with E-state index in [0.29, 0.717) is 30.0 Å². The van der Waals surface area contributed by atoms with Gasteiger partial charge in [0.1, 0.15) is 11.5 Å². The Hall–Kier alpha value is -2.70. The van der Waals surface area contributed by atoms with Gasteiger partial charge in [0, 0.05) is 26.2 Å². The number of halogens is 1. The van der Waals surface area contributed by atoms with Crippen LogP contribution in [-0.4, -0.2) is 45.9 Å². The van der Waals surface area contributed by atoms with Crippen LogP contribution in [0.4, 0.5) is 4.39 Å². The van der Waals surface area contributed by atoms with Gasteiger partial charge in [0.05, 0.1) is 5.69 Å². The molecule has 0 atom stereocenters. The topological polar surface area (TPSA) is 67.2 Å². The maximum Gasteiger partial charge on any atom is 0.289 e. The van der Waals surface area contributed by atoms with Crippen LogP contribution in [0.3, 0.4) is 0 Å². The largest absolute Gasteiger partial charge is 0.350 e. The van der Waals surface area contributed by atoms with Crippen LogP contribution in [0.1, 0.15) is 58.0 Å². The van der Waals surface area contributed by atoms with Crippen LogP contribution in [0.25, 0.3) is 0 Å². The normalized spacial score (nSPS) is 16.1. The molecule has 4 rings (SSSR count). The zero-order valence-electron chi connectivity index (χ0n) is 15.9. The fourth-order valence-electron chi connectivity index (χ4n) is 4.05. The fourth-order valence-corrected chi connectivity index (χ4v) is 4.05. The molecule has 7 heteroatoms. The van der Waals surface area contributed by atoms with Crippen LogP contribution in [0.15, 0.2) is 24.3 Å². The number of likely N-dealkylation sites (tertiary alicyclic amines) is 1. The Labute approximate surface area is 163 Å². The number of fused-ring (bicyclic) bond motifs is 1. The van der Waals surface area contributed by atoms with Crippen molar-refractivity contribution in [1.82, 2.24) is 19.8 Å². The van der Waals surface area contributed by atoms with Crippen molar-refractivity contribution < 1.29 is 14.0 Å². The third-order valence-electron chi connectivity index (χ3n) is 5.56. The summed E-state index contributed by atoms with van der Waals surface area (Å²) in [6.07, 6.45) is 5.16. The Kier molecular flexibility index (Phi) is 5.41. The summed E-state index contributed by atoms with van der Waals surface area (Å²) in [5.41, 5.74) is 1.76. The predicted octanol–water partition coefficient (Wildman–Crippen LogP) is 2.57. The zero-order chi connectivity index (χ0) is 19.5. The maximum atomic E-state index is 13.7. The molecule has 2 aliphatic heterocycles. The first kappa shape index (κ1) is 18.7. The smallest absolute Gasteiger partial charge is 0.289 e. The molecule has 2 amide bonds. The van der Waals surface area contributed by atoms with Crippen LogP contribution in [0.5, 0.6) is 0 Å². The van der Waals surface area contributed by atoms with Gasteiger partial charge in [-0.05, 0) is 50.2 Å². The molecule has 0 unspecified atom stereocenters. The predicted molar refractivity (Wildman–Crippen MR) is 103 cm³/mol. The van der Waals surface area contributed by atoms with Gasteiger partial charge in [-0.25, -0.2) is 9.37 Å². The summed E-state index contributed by atoms with van der Waals surface area (Å²) < 4.78 is 15.7. The molecular weight excluding hydrogens is 359 g/mol. The van der Waals surface area contributed by atoms with Gasteiger partial charge < -0.3 is 14.8 Å². The van der Waals surface area contributed by atoms with Gasteiger partial charge in [-0.3, -0.25) is 9.59 Å². The molecule has 28 heavy (non-hydrogen) atoms. The van der Waals surface area contributed by atoms with Gasteiger partial charge in [-0.15, -0.1) is 0 Å². The van der Waals surface area contributed by atoms with E-state index in [4.69, 9.17) is 0 Å². The minimum Gasteiger partial charge on any atom is -0.350 e. The lowest BCUT2D eigenvalue weighted by atomic mass is 10.1. The summed E-state index contributed by atoms with van der Waals surface area (Å²) in [6, 6.07) is 6.56. The van der Waals surface area contributed by atoms with Crippen molar-refractivity contribution in [1.29, 1.82) is 0 Å². The van der Waals surface area contributed by atoms with Crippen molar-refractivity contribution in [3.63, 3.8) is 0 Å². The van der Waals surface area contributed by atoms with Crippen LogP contribution < -0.4 is 5.32 Å². The first-order chi connectivity index (χ1) is 13.6. The van der Waals surface area contributed by atoms with E-state index >= 15 is 0 Å². The number of rotatable bonds is 5. The summed E-state index contributed by atoms with van der Waals surface area (Å²) in [7, 11) is 0. The fraction of sp³-hybridized carbons (Fsp3) is 0.476. The van der Waals surface area contributed by atoms with E-state index in [2.05, 4.69) is 10.3 Å². The van der Waals surface area contributed by atoms with Crippen molar-refractivity contribution in [2.24, 2.45) is 0 Å². The van der Waals surface area contributed by atoms with E-state index in [-0.39, 0.29) is 17.6 Å². The third kappa shape index (κ3) is 3.66. The molecule has 1 aromatic heterocycles. The Balaban J connectivity index is 1.49. The van der Waals surface area contributed by atoms with Crippen LogP contribution in [0.2, 0.25) is 0 Å². The number of nitrogens with zero attached hydrogens (tertiary/aromatic N) is 3. The summed E-state index contributed by atoms with van der Waals surface area (Å²) >= 11 is 0. The number of benzene rings is 1. The molecule has 3 heterocycles. The zero-order valence-corrected chi connectivity index (χ0v) is 15.9. The third-order valence-corrected chi connectivity index (χ3v) is 5.56. The lowest BCUT2D eigenvalue weighted by Gasteiger charge is -2.19. The lowest BCUT2D eigenvalue weighted by Crippen LogP contribution is -2.31. The van der Waals surface area contributed by atoms with Gasteiger partial charge >= 0.3 is 0 Å². The molecule has 1 aromatic carbocycles. The average Bonchev–Trinajstić information content (AvgIpc) is 3.37. The molecule has 0 bridgehead atoms. The summed E-state index contributed by atoms with van der Waals surface area (Å²) in [5, 5.41) is 2.84. The second-order valence-corrected chi connectivity index (χ2v) is 7.44. The number of amides is 2. The van der Waals surface area contributed by atoms with E-state index in [1.54, 1.807) is 18.2 Å². The highest BCUT2D eigenvalue weighted by molar-refractivity contribution is 5.97. The molecular formula is C21H25FN4O2. The first-order valence-electron chi connectivity index (χ1n) is 10.1. The summed E-state index contributed by atoms with van der Waals surface area (Å²) in [4.78, 5) is 31.9. The van der Waals surface area contributed by atoms with Crippen LogP contribution >= 0.6 is 0 Å². The van der Waals surface area contributed by atoms with Crippen molar-refractivity contribution in [2.75, 3.05) is 19.6 Å². The SMILES string of the molecule is O=C(NCCc1ccccc1F)c1nc(C(=O)N2CCCC2)n2c1CCCC2. The number of carbonyl (C=O) groups is 2. The Morgan fingerprint density at radius 2 is 1.82 bits per heavy atom. The molecule has 0 saturated carbocycles. The summed E-state index contributed by atoms with van der Waals surface area (Å²) in [6.45, 7) is 2.55. The number of carbonyl (C=O) groups excluding carboxylic acids is 2. The van der Waals surface area contributed by atoms with Crippen LogP contribution in [0, 0.1) is 5.82 Å². The number of nitrogens with one attached hydrogen (secondary N) is 1. The second-order valence-electron chi connectivity index (χ2n) is 7.44. The van der Waals surface area contributed by atoms with E-state index in [0.717, 1.165) is 57.4 Å². The van der Waals surface area contributed by atoms with Crippen LogP contribution in [-0.2, 0) is 19.4 Å². The summed E-state index contributed by atoms with van der Waals surface area (Å²) in [5.74, 6) is -0.251. The minimum absolute atomic E-state index is 0.0777. The number of imidazole rings is 1. The Morgan fingerprint density at radius 1 is 1.07 bits per heavy atom. The molecule has 0 aliphatic carbocycles. The van der Waals surface area contributed by atoms with Gasteiger partial charge in [0.15, 0.2) is 5.82 Å². The molecule has 1 N–H and O–H groups in total. The molecule has 148 valence electrons. The standard InChI is InChI=1S/C21H25FN4O2/c22-16-8-2-1-7-15(16)10-11-23-20(27)18-17-9-3-4-14-26(17)19(24-18)21(28)25-12-5-6-13-25/h1-2,7-8H,3-6,9-14H2,(H,23,27). The molecule has 1 saturated heterocycles. The lowest BCUT2D eigenvalue weighted by molar-refractivity contribution is 0.0774. The molecule has 1 fully saturated rings. The average molecular weight is 384 g/mol. The Morgan fingerprint density at radius 3 is 2.61 bits per heavy atom. The van der Waals surface area contributed by atoms with Crippen molar-refractivity contribution >= 4 is 11.8 Å². The maximum absolute atomic E-state index is 13.7. The van der Waals surface area contributed by atoms with Gasteiger partial charge in [0.2, 0.25) is 0 Å². The molecule has 6 nitrogen and oxygen atoms in total. The molecule has 0 spiro atoms. The second kappa shape index (κ2) is 8.12. The highest BCUT2D eigenvalue weighted by Gasteiger charge is 2.30. The van der Waals surface area contributed by atoms with Crippen molar-refractivity contribution in [3.05, 3.63) is 52.9 Å². The van der Waals surface area contributed by atoms with E-state index < -0.39 is 0 Å². The van der Waals surface area contributed by atoms with Gasteiger partial charge in [-0.1, -0.05) is 18.2 Å². The Bertz CT molecular complexity index is 887. The number of aromatic nitrogens is 2. The van der Waals surface area contributed by atoms with E-state index in [1.165, 1.54) is 6.07 Å². The molecule has 2 aliphatic rings. The van der Waals surface area contributed by atoms with Gasteiger partial charge in [-0.2, -0.15) is 0 Å². The van der Waals surface area contributed by atoms with Crippen molar-refractivity contribution in [2.45, 2.75) is 45.1 Å².